The molecule has 0 aromatic heterocycles. The third-order valence-corrected chi connectivity index (χ3v) is 1.91. The molecule has 0 spiro atoms. The number of sulfone groups is 1. The fraction of sp³-hybridized carbons (Fsp3) is 0.750. The first-order valence-electron chi connectivity index (χ1n) is 4.29. The van der Waals surface area contributed by atoms with Gasteiger partial charge in [0.15, 0.2) is 9.84 Å². The van der Waals surface area contributed by atoms with Gasteiger partial charge >= 0.3 is 6.09 Å². The standard InChI is InChI=1S/C4H7NO4S/c6-4(7)5-3-1-10(8,9)2-3/h3,5H,1-2H2,(H,6,7)/i1D2,2D2. The van der Waals surface area contributed by atoms with Crippen LogP contribution in [0.15, 0.2) is 0 Å². The summed E-state index contributed by atoms with van der Waals surface area (Å²) in [7, 11) is -4.59. The highest BCUT2D eigenvalue weighted by Crippen LogP contribution is 2.09. The molecule has 1 amide bonds. The number of carboxylic acid groups (broad SMARTS) is 1. The zero-order chi connectivity index (χ0) is 11.4. The number of rotatable bonds is 1. The molecule has 1 saturated heterocycles. The van der Waals surface area contributed by atoms with E-state index in [4.69, 9.17) is 10.6 Å². The largest absolute Gasteiger partial charge is 0.465 e. The van der Waals surface area contributed by atoms with Crippen molar-refractivity contribution in [3.05, 3.63) is 0 Å². The monoisotopic (exact) mass is 169 g/mol. The fourth-order valence-electron chi connectivity index (χ4n) is 0.493. The van der Waals surface area contributed by atoms with Crippen LogP contribution in [0.4, 0.5) is 4.79 Å². The van der Waals surface area contributed by atoms with Crippen molar-refractivity contribution in [1.82, 2.24) is 5.32 Å². The minimum Gasteiger partial charge on any atom is -0.465 e. The average molecular weight is 169 g/mol. The molecule has 0 aromatic rings. The van der Waals surface area contributed by atoms with Crippen LogP contribution >= 0.6 is 0 Å². The summed E-state index contributed by atoms with van der Waals surface area (Å²) in [6.45, 7) is 0. The molecule has 0 atom stereocenters. The Morgan fingerprint density at radius 1 is 1.70 bits per heavy atom. The summed E-state index contributed by atoms with van der Waals surface area (Å²) in [5.74, 6) is 0. The van der Waals surface area contributed by atoms with E-state index in [0.717, 1.165) is 0 Å². The number of amides is 1. The molecule has 1 rings (SSSR count). The van der Waals surface area contributed by atoms with E-state index < -0.39 is 33.4 Å². The van der Waals surface area contributed by atoms with Gasteiger partial charge in [-0.3, -0.25) is 0 Å². The van der Waals surface area contributed by atoms with Crippen molar-refractivity contribution in [2.24, 2.45) is 0 Å². The quantitative estimate of drug-likeness (QED) is 0.530. The van der Waals surface area contributed by atoms with Gasteiger partial charge in [0.1, 0.15) is 0 Å². The van der Waals surface area contributed by atoms with Crippen LogP contribution in [0.3, 0.4) is 0 Å². The van der Waals surface area contributed by atoms with E-state index >= 15 is 0 Å². The lowest BCUT2D eigenvalue weighted by Gasteiger charge is -2.24. The molecule has 0 unspecified atom stereocenters. The van der Waals surface area contributed by atoms with E-state index in [2.05, 4.69) is 0 Å². The molecule has 1 heterocycles. The molecule has 0 aliphatic carbocycles. The van der Waals surface area contributed by atoms with E-state index in [-0.39, 0.29) is 0 Å². The van der Waals surface area contributed by atoms with E-state index in [1.165, 1.54) is 5.32 Å². The van der Waals surface area contributed by atoms with Gasteiger partial charge in [-0.25, -0.2) is 13.2 Å². The van der Waals surface area contributed by atoms with E-state index in [9.17, 15) is 13.2 Å². The van der Waals surface area contributed by atoms with Gasteiger partial charge < -0.3 is 10.4 Å². The Labute approximate surface area is 63.6 Å². The molecule has 5 nitrogen and oxygen atoms in total. The van der Waals surface area contributed by atoms with E-state index in [1.54, 1.807) is 0 Å². The molecule has 2 N–H and O–H groups in total. The maximum absolute atomic E-state index is 11.0. The SMILES string of the molecule is [2H]C1([2H])C(NC(=O)O)C([2H])([2H])S1(=O)=O. The maximum Gasteiger partial charge on any atom is 0.404 e. The predicted molar refractivity (Wildman–Crippen MR) is 33.6 cm³/mol. The smallest absolute Gasteiger partial charge is 0.404 e. The second-order valence-corrected chi connectivity index (χ2v) is 3.10. The Morgan fingerprint density at radius 3 is 2.60 bits per heavy atom. The highest BCUT2D eigenvalue weighted by atomic mass is 32.2. The topological polar surface area (TPSA) is 83.5 Å². The second-order valence-electron chi connectivity index (χ2n) is 1.62. The van der Waals surface area contributed by atoms with Crippen LogP contribution in [-0.4, -0.2) is 37.1 Å². The molecule has 0 bridgehead atoms. The number of hydrogen-bond donors (Lipinski definition) is 2. The molecule has 58 valence electrons. The molecule has 10 heavy (non-hydrogen) atoms. The summed E-state index contributed by atoms with van der Waals surface area (Å²) in [6.07, 6.45) is -1.67. The molecule has 1 fully saturated rings. The first-order chi connectivity index (χ1) is 6.05. The van der Waals surface area contributed by atoms with Gasteiger partial charge in [-0.05, 0) is 0 Å². The lowest BCUT2D eigenvalue weighted by molar-refractivity contribution is 0.191. The molecule has 6 heteroatoms. The van der Waals surface area contributed by atoms with Gasteiger partial charge in [-0.1, -0.05) is 0 Å². The fourth-order valence-corrected chi connectivity index (χ4v) is 1.23. The second kappa shape index (κ2) is 2.12. The zero-order valence-electron chi connectivity index (χ0n) is 8.66. The Kier molecular flexibility index (Phi) is 0.755. The number of nitrogens with one attached hydrogen (secondary N) is 1. The van der Waals surface area contributed by atoms with Crippen molar-refractivity contribution >= 4 is 15.9 Å². The van der Waals surface area contributed by atoms with Crippen molar-refractivity contribution in [2.75, 3.05) is 11.4 Å². The van der Waals surface area contributed by atoms with E-state index in [0.29, 0.717) is 0 Å². The molecular weight excluding hydrogens is 158 g/mol. The van der Waals surface area contributed by atoms with Crippen molar-refractivity contribution in [3.8, 4) is 0 Å². The molecule has 1 aliphatic heterocycles. The average Bonchev–Trinajstić information content (AvgIpc) is 1.98. The van der Waals surface area contributed by atoms with Gasteiger partial charge in [-0.2, -0.15) is 0 Å². The van der Waals surface area contributed by atoms with Crippen LogP contribution in [0.1, 0.15) is 5.48 Å². The van der Waals surface area contributed by atoms with Crippen molar-refractivity contribution in [3.63, 3.8) is 0 Å². The van der Waals surface area contributed by atoms with Crippen LogP contribution in [0.2, 0.25) is 0 Å². The van der Waals surface area contributed by atoms with Gasteiger partial charge in [0.05, 0.1) is 17.5 Å². The lowest BCUT2D eigenvalue weighted by atomic mass is 10.4. The first kappa shape index (κ1) is 3.56. The summed E-state index contributed by atoms with van der Waals surface area (Å²) >= 11 is 0. The zero-order valence-corrected chi connectivity index (χ0v) is 5.47. The molecule has 0 aromatic carbocycles. The number of hydrogen-bond acceptors (Lipinski definition) is 3. The van der Waals surface area contributed by atoms with Crippen molar-refractivity contribution in [1.29, 1.82) is 0 Å². The Morgan fingerprint density at radius 2 is 2.20 bits per heavy atom. The highest BCUT2D eigenvalue weighted by molar-refractivity contribution is 7.92. The summed E-state index contributed by atoms with van der Waals surface area (Å²) in [5, 5.41) is 9.75. The predicted octanol–water partition coefficient (Wildman–Crippen LogP) is -0.949. The number of carbonyl (C=O) groups is 1. The van der Waals surface area contributed by atoms with Gasteiger partial charge in [-0.15, -0.1) is 0 Å². The molecule has 0 saturated carbocycles. The van der Waals surface area contributed by atoms with Gasteiger partial charge in [0.2, 0.25) is 0 Å². The Bertz CT molecular complexity index is 355. The van der Waals surface area contributed by atoms with Gasteiger partial charge in [0, 0.05) is 5.48 Å². The van der Waals surface area contributed by atoms with Crippen molar-refractivity contribution < 1.29 is 23.8 Å². The first-order valence-corrected chi connectivity index (χ1v) is 3.77. The normalized spacial score (nSPS) is 39.2. The van der Waals surface area contributed by atoms with Crippen molar-refractivity contribution in [2.45, 2.75) is 6.04 Å². The molecular formula is C4H7NO4S. The summed E-state index contributed by atoms with van der Waals surface area (Å²) < 4.78 is 50.0. The Balaban J connectivity index is 3.07. The Hall–Kier alpha value is -0.780. The highest BCUT2D eigenvalue weighted by Gasteiger charge is 2.34. The summed E-state index contributed by atoms with van der Waals surface area (Å²) in [6, 6.07) is -1.89. The summed E-state index contributed by atoms with van der Waals surface area (Å²) in [5.41, 5.74) is -5.79. The van der Waals surface area contributed by atoms with Crippen LogP contribution in [0, 0.1) is 0 Å². The minimum absolute atomic E-state index is 1.50. The lowest BCUT2D eigenvalue weighted by Crippen LogP contribution is -2.52. The van der Waals surface area contributed by atoms with Crippen LogP contribution in [0.5, 0.6) is 0 Å². The van der Waals surface area contributed by atoms with E-state index in [1.807, 2.05) is 0 Å². The minimum atomic E-state index is -4.59. The van der Waals surface area contributed by atoms with Crippen LogP contribution < -0.4 is 5.32 Å². The summed E-state index contributed by atoms with van der Waals surface area (Å²) in [4.78, 5) is 10.1. The van der Waals surface area contributed by atoms with Crippen LogP contribution in [0.25, 0.3) is 0 Å². The molecule has 1 aliphatic rings. The molecule has 0 radical (unpaired) electrons. The van der Waals surface area contributed by atoms with Crippen LogP contribution in [-0.2, 0) is 9.84 Å². The van der Waals surface area contributed by atoms with Gasteiger partial charge in [0.25, 0.3) is 0 Å². The third-order valence-electron chi connectivity index (χ3n) is 0.814. The third kappa shape index (κ3) is 1.60. The maximum atomic E-state index is 11.0.